The molecule has 0 aliphatic carbocycles. The summed E-state index contributed by atoms with van der Waals surface area (Å²) in [7, 11) is -1.64. The average Bonchev–Trinajstić information content (AvgIpc) is 2.71. The van der Waals surface area contributed by atoms with E-state index < -0.39 is 8.07 Å². The van der Waals surface area contributed by atoms with Gasteiger partial charge in [0.15, 0.2) is 0 Å². The largest absolute Gasteiger partial charge is 0.300 e. The molecular weight excluding hydrogens is 354 g/mol. The number of hydrogen-bond donors (Lipinski definition) is 0. The third-order valence-electron chi connectivity index (χ3n) is 5.61. The first kappa shape index (κ1) is 18.9. The molecule has 1 heterocycles. The van der Waals surface area contributed by atoms with Gasteiger partial charge in [-0.25, -0.2) is 0 Å². The van der Waals surface area contributed by atoms with Gasteiger partial charge in [-0.2, -0.15) is 0 Å². The van der Waals surface area contributed by atoms with Crippen LogP contribution in [0.15, 0.2) is 91.0 Å². The molecule has 1 aliphatic heterocycles. The van der Waals surface area contributed by atoms with Crippen LogP contribution in [0.1, 0.15) is 5.56 Å². The Labute approximate surface area is 164 Å². The molecular formula is C23H26ClNSi. The lowest BCUT2D eigenvalue weighted by molar-refractivity contribution is 0.283. The van der Waals surface area contributed by atoms with E-state index in [-0.39, 0.29) is 12.4 Å². The summed E-state index contributed by atoms with van der Waals surface area (Å²) >= 11 is 0. The molecule has 1 nitrogen and oxygen atoms in total. The summed E-state index contributed by atoms with van der Waals surface area (Å²) < 4.78 is 0. The molecule has 4 rings (SSSR count). The van der Waals surface area contributed by atoms with Crippen LogP contribution in [0, 0.1) is 0 Å². The Morgan fingerprint density at radius 2 is 1.04 bits per heavy atom. The fourth-order valence-electron chi connectivity index (χ4n) is 4.19. The summed E-state index contributed by atoms with van der Waals surface area (Å²) in [6, 6.07) is 36.1. The quantitative estimate of drug-likeness (QED) is 0.614. The molecule has 0 amide bonds. The van der Waals surface area contributed by atoms with E-state index in [0.717, 1.165) is 6.54 Å². The Kier molecular flexibility index (Phi) is 6.31. The maximum Gasteiger partial charge on any atom is 0.120 e. The first-order chi connectivity index (χ1) is 12.4. The molecule has 3 aromatic rings. The zero-order valence-corrected chi connectivity index (χ0v) is 16.9. The molecule has 0 spiro atoms. The third-order valence-corrected chi connectivity index (χ3v) is 10.6. The summed E-state index contributed by atoms with van der Waals surface area (Å²) in [6.07, 6.45) is 0. The molecule has 0 radical (unpaired) electrons. The lowest BCUT2D eigenvalue weighted by atomic mass is 10.2. The van der Waals surface area contributed by atoms with Crippen LogP contribution in [-0.4, -0.2) is 26.1 Å². The molecule has 0 saturated carbocycles. The summed E-state index contributed by atoms with van der Waals surface area (Å²) in [4.78, 5) is 2.63. The maximum absolute atomic E-state index is 2.63. The molecule has 3 heteroatoms. The molecule has 134 valence electrons. The number of halogens is 1. The van der Waals surface area contributed by atoms with Gasteiger partial charge in [-0.1, -0.05) is 101 Å². The highest BCUT2D eigenvalue weighted by Gasteiger charge is 2.39. The van der Waals surface area contributed by atoms with E-state index in [0.29, 0.717) is 0 Å². The van der Waals surface area contributed by atoms with Crippen LogP contribution in [0.25, 0.3) is 0 Å². The van der Waals surface area contributed by atoms with Crippen molar-refractivity contribution in [2.45, 2.75) is 18.6 Å². The second-order valence-electron chi connectivity index (χ2n) is 7.08. The lowest BCUT2D eigenvalue weighted by Crippen LogP contribution is -2.63. The summed E-state index contributed by atoms with van der Waals surface area (Å²) in [6.45, 7) is 3.48. The topological polar surface area (TPSA) is 3.24 Å². The van der Waals surface area contributed by atoms with Crippen LogP contribution < -0.4 is 10.4 Å². The SMILES string of the molecule is Cl.c1ccc(CN2CC[Si](c3ccccc3)(c3ccccc3)CC2)cc1. The Morgan fingerprint density at radius 1 is 0.615 bits per heavy atom. The van der Waals surface area contributed by atoms with E-state index in [1.54, 1.807) is 10.4 Å². The van der Waals surface area contributed by atoms with Crippen molar-refractivity contribution in [1.82, 2.24) is 4.90 Å². The predicted molar refractivity (Wildman–Crippen MR) is 116 cm³/mol. The van der Waals surface area contributed by atoms with Crippen molar-refractivity contribution in [2.75, 3.05) is 13.1 Å². The summed E-state index contributed by atoms with van der Waals surface area (Å²) in [5.74, 6) is 0. The predicted octanol–water partition coefficient (Wildman–Crippen LogP) is 4.19. The molecule has 0 atom stereocenters. The van der Waals surface area contributed by atoms with Crippen LogP contribution in [-0.2, 0) is 6.54 Å². The Morgan fingerprint density at radius 3 is 1.50 bits per heavy atom. The maximum atomic E-state index is 2.63. The molecule has 26 heavy (non-hydrogen) atoms. The fourth-order valence-corrected chi connectivity index (χ4v) is 8.99. The number of rotatable bonds is 4. The minimum absolute atomic E-state index is 0. The minimum atomic E-state index is -1.64. The lowest BCUT2D eigenvalue weighted by Gasteiger charge is -2.41. The Hall–Kier alpha value is -1.87. The first-order valence-electron chi connectivity index (χ1n) is 9.24. The van der Waals surface area contributed by atoms with E-state index >= 15 is 0 Å². The molecule has 0 unspecified atom stereocenters. The molecule has 0 bridgehead atoms. The van der Waals surface area contributed by atoms with Gasteiger partial charge in [-0.15, -0.1) is 12.4 Å². The highest BCUT2D eigenvalue weighted by atomic mass is 35.5. The highest BCUT2D eigenvalue weighted by Crippen LogP contribution is 2.24. The van der Waals surface area contributed by atoms with Gasteiger partial charge in [0.25, 0.3) is 0 Å². The standard InChI is InChI=1S/C23H25NSi.ClH/c1-4-10-21(11-5-1)20-24-16-18-25(19-17-24,22-12-6-2-7-13-22)23-14-8-3-9-15-23;/h1-15H,16-20H2;1H. The Bertz CT molecular complexity index is 743. The van der Waals surface area contributed by atoms with Crippen molar-refractivity contribution in [3.8, 4) is 0 Å². The van der Waals surface area contributed by atoms with Crippen molar-refractivity contribution in [3.05, 3.63) is 96.6 Å². The van der Waals surface area contributed by atoms with E-state index in [2.05, 4.69) is 95.9 Å². The normalized spacial score (nSPS) is 16.6. The summed E-state index contributed by atoms with van der Waals surface area (Å²) in [5.41, 5.74) is 1.43. The first-order valence-corrected chi connectivity index (χ1v) is 11.7. The fraction of sp³-hybridized carbons (Fsp3) is 0.217. The zero-order chi connectivity index (χ0) is 17.0. The molecule has 1 saturated heterocycles. The number of hydrogen-bond acceptors (Lipinski definition) is 1. The monoisotopic (exact) mass is 379 g/mol. The molecule has 1 fully saturated rings. The molecule has 1 aliphatic rings. The average molecular weight is 380 g/mol. The smallest absolute Gasteiger partial charge is 0.120 e. The second-order valence-corrected chi connectivity index (χ2v) is 11.4. The van der Waals surface area contributed by atoms with Gasteiger partial charge in [-0.3, -0.25) is 4.90 Å². The van der Waals surface area contributed by atoms with Crippen molar-refractivity contribution in [1.29, 1.82) is 0 Å². The van der Waals surface area contributed by atoms with Gasteiger partial charge in [0.1, 0.15) is 8.07 Å². The van der Waals surface area contributed by atoms with Gasteiger partial charge >= 0.3 is 0 Å². The molecule has 0 N–H and O–H groups in total. The Balaban J connectivity index is 0.00000196. The second kappa shape index (κ2) is 8.68. The number of benzene rings is 3. The zero-order valence-electron chi connectivity index (χ0n) is 15.1. The summed E-state index contributed by atoms with van der Waals surface area (Å²) in [5, 5.41) is 3.20. The van der Waals surface area contributed by atoms with E-state index in [4.69, 9.17) is 0 Å². The van der Waals surface area contributed by atoms with Gasteiger partial charge in [0.05, 0.1) is 0 Å². The van der Waals surface area contributed by atoms with Crippen LogP contribution in [0.5, 0.6) is 0 Å². The van der Waals surface area contributed by atoms with Crippen LogP contribution in [0.4, 0.5) is 0 Å². The van der Waals surface area contributed by atoms with Crippen LogP contribution in [0.2, 0.25) is 12.1 Å². The number of nitrogens with zero attached hydrogens (tertiary/aromatic N) is 1. The van der Waals surface area contributed by atoms with Crippen molar-refractivity contribution < 1.29 is 0 Å². The molecule has 0 aromatic heterocycles. The van der Waals surface area contributed by atoms with Crippen LogP contribution >= 0.6 is 12.4 Å². The van der Waals surface area contributed by atoms with Crippen molar-refractivity contribution in [3.63, 3.8) is 0 Å². The van der Waals surface area contributed by atoms with Gasteiger partial charge in [0.2, 0.25) is 0 Å². The van der Waals surface area contributed by atoms with Gasteiger partial charge in [-0.05, 0) is 30.7 Å². The van der Waals surface area contributed by atoms with E-state index in [1.165, 1.54) is 30.7 Å². The van der Waals surface area contributed by atoms with Gasteiger partial charge in [0, 0.05) is 6.54 Å². The third kappa shape index (κ3) is 3.93. The minimum Gasteiger partial charge on any atom is -0.300 e. The van der Waals surface area contributed by atoms with E-state index in [1.807, 2.05) is 0 Å². The van der Waals surface area contributed by atoms with Gasteiger partial charge < -0.3 is 0 Å². The van der Waals surface area contributed by atoms with Crippen molar-refractivity contribution in [2.24, 2.45) is 0 Å². The molecule has 3 aromatic carbocycles. The van der Waals surface area contributed by atoms with E-state index in [9.17, 15) is 0 Å². The highest BCUT2D eigenvalue weighted by molar-refractivity contribution is 7.02. The van der Waals surface area contributed by atoms with Crippen LogP contribution in [0.3, 0.4) is 0 Å². The van der Waals surface area contributed by atoms with Crippen molar-refractivity contribution >= 4 is 30.9 Å².